The van der Waals surface area contributed by atoms with Crippen LogP contribution in [0.5, 0.6) is 0 Å². The molecule has 0 aliphatic heterocycles. The number of benzene rings is 2. The number of carbonyl (C=O) groups is 6. The number of Topliss-reactive ketones (excluding diaryl/α,β-unsaturated/α-hetero) is 1. The van der Waals surface area contributed by atoms with Crippen LogP contribution in [0.2, 0.25) is 0 Å². The minimum Gasteiger partial charge on any atom is -0.467 e. The fraction of sp³-hybridized carbons (Fsp3) is 0.543. The second-order valence-corrected chi connectivity index (χ2v) is 16.5. The first-order chi connectivity index (χ1) is 28.6. The van der Waals surface area contributed by atoms with E-state index in [4.69, 9.17) is 4.74 Å². The number of nitrogens with zero attached hydrogens (tertiary/aromatic N) is 2. The van der Waals surface area contributed by atoms with Gasteiger partial charge in [-0.05, 0) is 41.7 Å². The van der Waals surface area contributed by atoms with Crippen LogP contribution < -0.4 is 16.0 Å². The fourth-order valence-electron chi connectivity index (χ4n) is 7.00. The number of aromatic amines is 1. The van der Waals surface area contributed by atoms with Gasteiger partial charge in [0.25, 0.3) is 0 Å². The summed E-state index contributed by atoms with van der Waals surface area (Å²) < 4.78 is 4.92. The molecule has 6 atom stereocenters. The van der Waals surface area contributed by atoms with Crippen molar-refractivity contribution in [2.75, 3.05) is 7.11 Å². The van der Waals surface area contributed by atoms with Crippen LogP contribution >= 0.6 is 0 Å². The van der Waals surface area contributed by atoms with E-state index in [2.05, 4.69) is 25.9 Å². The van der Waals surface area contributed by atoms with Crippen molar-refractivity contribution >= 4 is 35.4 Å². The summed E-state index contributed by atoms with van der Waals surface area (Å²) >= 11 is 0. The number of carbonyl (C=O) groups excluding carboxylic acids is 6. The summed E-state index contributed by atoms with van der Waals surface area (Å²) in [4.78, 5) is 88.3. The lowest BCUT2D eigenvalue weighted by atomic mass is 9.85. The summed E-state index contributed by atoms with van der Waals surface area (Å²) in [6.45, 7) is 12.1. The van der Waals surface area contributed by atoms with Gasteiger partial charge in [-0.15, -0.1) is 0 Å². The molecule has 328 valence electrons. The number of aliphatic hydroxyl groups is 1. The van der Waals surface area contributed by atoms with Gasteiger partial charge in [-0.1, -0.05) is 109 Å². The third kappa shape index (κ3) is 16.7. The standard InChI is InChI=1S/C46H66N6O8/c1-8-32(6)43(45(58)50-39(46(59)60-7)24-35-26-47-29-48-35)51-44(57)37(31(4)5)25-40(54)38(23-30(2)3)49-41(55)21-19-36(53)20-22-42(56)52(27-33-15-11-9-12-16-33)28-34-17-13-10-14-18-34/h9-18,26,29-32,37-40,43,54H,8,19-25,27-28H2,1-7H3,(H,47,48)(H,49,55)(H,50,58)(H,51,57)/t32-,37?,38?,39-,40?,43-/m0/s1. The predicted molar refractivity (Wildman–Crippen MR) is 229 cm³/mol. The Hall–Kier alpha value is -5.37. The first kappa shape index (κ1) is 49.0. The number of aliphatic hydroxyl groups excluding tert-OH is 1. The van der Waals surface area contributed by atoms with Crippen LogP contribution in [0.3, 0.4) is 0 Å². The lowest BCUT2D eigenvalue weighted by Gasteiger charge is -2.32. The van der Waals surface area contributed by atoms with E-state index in [1.54, 1.807) is 11.1 Å². The van der Waals surface area contributed by atoms with Crippen LogP contribution in [-0.2, 0) is 53.0 Å². The number of rotatable bonds is 26. The highest BCUT2D eigenvalue weighted by atomic mass is 16.5. The molecule has 0 radical (unpaired) electrons. The molecule has 5 N–H and O–H groups in total. The maximum atomic E-state index is 13.9. The Labute approximate surface area is 355 Å². The molecule has 60 heavy (non-hydrogen) atoms. The number of nitrogens with one attached hydrogen (secondary N) is 4. The molecule has 3 rings (SSSR count). The minimum absolute atomic E-state index is 0.00131. The second kappa shape index (κ2) is 25.3. The number of H-pyrrole nitrogens is 1. The molecule has 0 saturated heterocycles. The van der Waals surface area contributed by atoms with Gasteiger partial charge in [0.1, 0.15) is 17.9 Å². The number of imidazole rings is 1. The number of hydrogen-bond donors (Lipinski definition) is 5. The van der Waals surface area contributed by atoms with Crippen LogP contribution in [0.4, 0.5) is 0 Å². The summed E-state index contributed by atoms with van der Waals surface area (Å²) in [5.41, 5.74) is 2.58. The maximum absolute atomic E-state index is 13.9. The summed E-state index contributed by atoms with van der Waals surface area (Å²) in [6, 6.07) is 16.6. The SMILES string of the molecule is CC[C@H](C)[C@H](NC(=O)C(CC(O)C(CC(C)C)NC(=O)CCC(=O)CCC(=O)N(Cc1ccccc1)Cc1ccccc1)C(C)C)C(=O)N[C@@H](Cc1cnc[nH]1)C(=O)OC. The highest BCUT2D eigenvalue weighted by Gasteiger charge is 2.35. The van der Waals surface area contributed by atoms with Crippen LogP contribution in [0.15, 0.2) is 73.2 Å². The average Bonchev–Trinajstić information content (AvgIpc) is 3.75. The molecule has 1 heterocycles. The lowest BCUT2D eigenvalue weighted by molar-refractivity contribution is -0.145. The van der Waals surface area contributed by atoms with Crippen molar-refractivity contribution in [1.82, 2.24) is 30.8 Å². The zero-order valence-corrected chi connectivity index (χ0v) is 36.3. The van der Waals surface area contributed by atoms with Crippen molar-refractivity contribution in [2.24, 2.45) is 23.7 Å². The topological polar surface area (TPSA) is 200 Å². The van der Waals surface area contributed by atoms with E-state index in [0.29, 0.717) is 31.6 Å². The molecule has 2 aromatic carbocycles. The molecule has 1 aromatic heterocycles. The van der Waals surface area contributed by atoms with Crippen molar-refractivity contribution in [1.29, 1.82) is 0 Å². The summed E-state index contributed by atoms with van der Waals surface area (Å²) in [5.74, 6) is -3.59. The van der Waals surface area contributed by atoms with Crippen LogP contribution in [-0.4, -0.2) is 86.7 Å². The van der Waals surface area contributed by atoms with E-state index in [1.165, 1.54) is 13.4 Å². The van der Waals surface area contributed by atoms with Gasteiger partial charge in [-0.25, -0.2) is 9.78 Å². The van der Waals surface area contributed by atoms with Crippen molar-refractivity contribution in [3.63, 3.8) is 0 Å². The molecule has 0 aliphatic carbocycles. The highest BCUT2D eigenvalue weighted by molar-refractivity contribution is 5.92. The Kier molecular flexibility index (Phi) is 20.7. The molecule has 14 nitrogen and oxygen atoms in total. The Morgan fingerprint density at radius 3 is 1.90 bits per heavy atom. The zero-order valence-electron chi connectivity index (χ0n) is 36.3. The Balaban J connectivity index is 1.60. The van der Waals surface area contributed by atoms with E-state index in [-0.39, 0.29) is 68.0 Å². The number of aromatic nitrogens is 2. The number of ether oxygens (including phenoxy) is 1. The molecular formula is C46H66N6O8. The van der Waals surface area contributed by atoms with Crippen LogP contribution in [0, 0.1) is 23.7 Å². The number of esters is 1. The van der Waals surface area contributed by atoms with Crippen molar-refractivity contribution < 1.29 is 38.6 Å². The fourth-order valence-corrected chi connectivity index (χ4v) is 7.00. The van der Waals surface area contributed by atoms with E-state index in [0.717, 1.165) is 11.1 Å². The smallest absolute Gasteiger partial charge is 0.328 e. The van der Waals surface area contributed by atoms with E-state index < -0.39 is 53.8 Å². The normalized spacial score (nSPS) is 14.3. The average molecular weight is 831 g/mol. The molecule has 0 aliphatic rings. The molecule has 3 unspecified atom stereocenters. The number of hydrogen-bond acceptors (Lipinski definition) is 9. The van der Waals surface area contributed by atoms with Gasteiger partial charge in [0, 0.05) is 63.0 Å². The van der Waals surface area contributed by atoms with Crippen LogP contribution in [0.1, 0.15) is 103 Å². The van der Waals surface area contributed by atoms with E-state index >= 15 is 0 Å². The monoisotopic (exact) mass is 830 g/mol. The minimum atomic E-state index is -1.11. The molecular weight excluding hydrogens is 765 g/mol. The number of amides is 4. The molecule has 14 heteroatoms. The third-order valence-electron chi connectivity index (χ3n) is 10.8. The summed E-state index contributed by atoms with van der Waals surface area (Å²) in [5, 5.41) is 20.1. The number of methoxy groups -OCH3 is 1. The van der Waals surface area contributed by atoms with Gasteiger partial charge in [0.2, 0.25) is 23.6 Å². The molecule has 0 saturated carbocycles. The Morgan fingerprint density at radius 2 is 1.38 bits per heavy atom. The van der Waals surface area contributed by atoms with Crippen molar-refractivity contribution in [2.45, 2.75) is 130 Å². The van der Waals surface area contributed by atoms with Gasteiger partial charge in [-0.2, -0.15) is 0 Å². The highest BCUT2D eigenvalue weighted by Crippen LogP contribution is 2.23. The van der Waals surface area contributed by atoms with Gasteiger partial charge in [-0.3, -0.25) is 24.0 Å². The van der Waals surface area contributed by atoms with E-state index in [9.17, 15) is 33.9 Å². The zero-order chi connectivity index (χ0) is 44.2. The Morgan fingerprint density at radius 1 is 0.783 bits per heavy atom. The molecule has 4 amide bonds. The summed E-state index contributed by atoms with van der Waals surface area (Å²) in [6.07, 6.45) is 2.83. The van der Waals surface area contributed by atoms with Gasteiger partial charge in [0.05, 0.1) is 25.6 Å². The van der Waals surface area contributed by atoms with E-state index in [1.807, 2.05) is 102 Å². The second-order valence-electron chi connectivity index (χ2n) is 16.5. The first-order valence-electron chi connectivity index (χ1n) is 21.1. The maximum Gasteiger partial charge on any atom is 0.328 e. The largest absolute Gasteiger partial charge is 0.467 e. The van der Waals surface area contributed by atoms with Crippen LogP contribution in [0.25, 0.3) is 0 Å². The predicted octanol–water partition coefficient (Wildman–Crippen LogP) is 5.05. The molecule has 0 fully saturated rings. The Bertz CT molecular complexity index is 1740. The van der Waals surface area contributed by atoms with Crippen molar-refractivity contribution in [3.8, 4) is 0 Å². The van der Waals surface area contributed by atoms with Crippen molar-refractivity contribution in [3.05, 3.63) is 90.0 Å². The van der Waals surface area contributed by atoms with Gasteiger partial charge in [0.15, 0.2) is 0 Å². The lowest BCUT2D eigenvalue weighted by Crippen LogP contribution is -2.56. The quantitative estimate of drug-likeness (QED) is 0.0687. The summed E-state index contributed by atoms with van der Waals surface area (Å²) in [7, 11) is 1.23. The molecule has 0 spiro atoms. The third-order valence-corrected chi connectivity index (χ3v) is 10.8. The molecule has 3 aromatic rings. The molecule has 0 bridgehead atoms. The van der Waals surface area contributed by atoms with Gasteiger partial charge >= 0.3 is 5.97 Å². The van der Waals surface area contributed by atoms with Gasteiger partial charge < -0.3 is 35.7 Å². The number of ketones is 1. The first-order valence-corrected chi connectivity index (χ1v) is 21.1.